The number of β-lactam (4-membered cyclic amide) rings is 1. The zero-order valence-corrected chi connectivity index (χ0v) is 15.4. The third kappa shape index (κ3) is 2.59. The van der Waals surface area contributed by atoms with Crippen LogP contribution in [-0.2, 0) is 21.7 Å². The van der Waals surface area contributed by atoms with Crippen molar-refractivity contribution in [3.8, 4) is 0 Å². The summed E-state index contributed by atoms with van der Waals surface area (Å²) in [6, 6.07) is 20.4. The Morgan fingerprint density at radius 3 is 2.40 bits per heavy atom. The number of rotatable bonds is 5. The number of amides is 1. The maximum atomic E-state index is 13.3. The topological polar surface area (TPSA) is 29.5 Å². The quantitative estimate of drug-likeness (QED) is 0.760. The van der Waals surface area contributed by atoms with Crippen LogP contribution in [0, 0.1) is 5.92 Å². The normalized spacial score (nSPS) is 28.1. The first-order valence-corrected chi connectivity index (χ1v) is 9.87. The van der Waals surface area contributed by atoms with Crippen LogP contribution in [0.4, 0.5) is 0 Å². The van der Waals surface area contributed by atoms with Gasteiger partial charge in [-0.2, -0.15) is 0 Å². The SMILES string of the molecule is CC(C)[C@H]1CS[C@@H]2N1C(=O)[C@@]2(OCc1ccccc1)c1ccccc1. The largest absolute Gasteiger partial charge is 0.353 e. The summed E-state index contributed by atoms with van der Waals surface area (Å²) in [6.07, 6.45) is 0. The first kappa shape index (κ1) is 16.7. The molecule has 2 aliphatic heterocycles. The Labute approximate surface area is 153 Å². The van der Waals surface area contributed by atoms with Crippen LogP contribution in [0.15, 0.2) is 60.7 Å². The standard InChI is InChI=1S/C21H23NO2S/c1-15(2)18-14-25-20-21(19(23)22(18)20,17-11-7-4-8-12-17)24-13-16-9-5-3-6-10-16/h3-12,15,18,20H,13-14H2,1-2H3/t18-,20+,21+/m1/s1. The van der Waals surface area contributed by atoms with E-state index in [1.54, 1.807) is 0 Å². The van der Waals surface area contributed by atoms with E-state index < -0.39 is 5.60 Å². The highest BCUT2D eigenvalue weighted by molar-refractivity contribution is 8.00. The zero-order valence-electron chi connectivity index (χ0n) is 14.6. The Balaban J connectivity index is 1.66. The number of nitrogens with zero attached hydrogens (tertiary/aromatic N) is 1. The number of carbonyl (C=O) groups is 1. The molecule has 2 heterocycles. The Hall–Kier alpha value is -1.78. The smallest absolute Gasteiger partial charge is 0.263 e. The summed E-state index contributed by atoms with van der Waals surface area (Å²) in [4.78, 5) is 15.3. The summed E-state index contributed by atoms with van der Waals surface area (Å²) in [5.41, 5.74) is 1.20. The number of carbonyl (C=O) groups excluding carboxylic acids is 1. The highest BCUT2D eigenvalue weighted by Gasteiger charge is 2.67. The predicted octanol–water partition coefficient (Wildman–Crippen LogP) is 4.04. The van der Waals surface area contributed by atoms with Crippen molar-refractivity contribution in [3.63, 3.8) is 0 Å². The summed E-state index contributed by atoms with van der Waals surface area (Å²) < 4.78 is 6.38. The molecule has 3 atom stereocenters. The second-order valence-electron chi connectivity index (χ2n) is 7.09. The number of hydrogen-bond donors (Lipinski definition) is 0. The highest BCUT2D eigenvalue weighted by atomic mass is 32.2. The molecule has 0 radical (unpaired) electrons. The van der Waals surface area contributed by atoms with E-state index in [2.05, 4.69) is 13.8 Å². The van der Waals surface area contributed by atoms with Gasteiger partial charge in [0, 0.05) is 11.8 Å². The summed E-state index contributed by atoms with van der Waals surface area (Å²) >= 11 is 1.85. The van der Waals surface area contributed by atoms with Gasteiger partial charge in [0.25, 0.3) is 5.91 Å². The molecule has 0 aliphatic carbocycles. The van der Waals surface area contributed by atoms with Gasteiger partial charge in [-0.3, -0.25) is 4.79 Å². The van der Waals surface area contributed by atoms with Crippen molar-refractivity contribution >= 4 is 17.7 Å². The molecule has 25 heavy (non-hydrogen) atoms. The van der Waals surface area contributed by atoms with Gasteiger partial charge in [0.05, 0.1) is 6.61 Å². The molecule has 130 valence electrons. The van der Waals surface area contributed by atoms with Gasteiger partial charge < -0.3 is 9.64 Å². The molecule has 2 aromatic carbocycles. The van der Waals surface area contributed by atoms with Crippen molar-refractivity contribution in [3.05, 3.63) is 71.8 Å². The molecular weight excluding hydrogens is 330 g/mol. The molecule has 0 aromatic heterocycles. The molecular formula is C21H23NO2S. The first-order valence-electron chi connectivity index (χ1n) is 8.82. The summed E-state index contributed by atoms with van der Waals surface area (Å²) in [5.74, 6) is 1.56. The van der Waals surface area contributed by atoms with Crippen LogP contribution >= 0.6 is 11.8 Å². The minimum Gasteiger partial charge on any atom is -0.353 e. The number of thioether (sulfide) groups is 1. The second kappa shape index (κ2) is 6.50. The zero-order chi connectivity index (χ0) is 17.4. The summed E-state index contributed by atoms with van der Waals surface area (Å²) in [5, 5.41) is 0.0681. The molecule has 2 aliphatic rings. The summed E-state index contributed by atoms with van der Waals surface area (Å²) in [6.45, 7) is 4.82. The third-order valence-electron chi connectivity index (χ3n) is 5.22. The molecule has 0 bridgehead atoms. The van der Waals surface area contributed by atoms with E-state index in [4.69, 9.17) is 4.74 Å². The van der Waals surface area contributed by atoms with E-state index in [0.29, 0.717) is 18.6 Å². The number of ether oxygens (including phenoxy) is 1. The Morgan fingerprint density at radius 1 is 1.12 bits per heavy atom. The van der Waals surface area contributed by atoms with E-state index in [9.17, 15) is 4.79 Å². The average Bonchev–Trinajstić information content (AvgIpc) is 3.06. The minimum atomic E-state index is -0.856. The van der Waals surface area contributed by atoms with Gasteiger partial charge in [-0.1, -0.05) is 74.5 Å². The highest BCUT2D eigenvalue weighted by Crippen LogP contribution is 2.54. The molecule has 0 saturated carbocycles. The van der Waals surface area contributed by atoms with E-state index in [-0.39, 0.29) is 11.3 Å². The molecule has 2 fully saturated rings. The van der Waals surface area contributed by atoms with Crippen molar-refractivity contribution in [1.29, 1.82) is 0 Å². The first-order chi connectivity index (χ1) is 12.1. The van der Waals surface area contributed by atoms with Crippen LogP contribution in [0.3, 0.4) is 0 Å². The maximum Gasteiger partial charge on any atom is 0.263 e. The van der Waals surface area contributed by atoms with Crippen LogP contribution in [0.5, 0.6) is 0 Å². The van der Waals surface area contributed by atoms with Crippen LogP contribution in [0.2, 0.25) is 0 Å². The number of fused-ring (bicyclic) bond motifs is 1. The number of hydrogen-bond acceptors (Lipinski definition) is 3. The van der Waals surface area contributed by atoms with E-state index >= 15 is 0 Å². The van der Waals surface area contributed by atoms with Crippen LogP contribution < -0.4 is 0 Å². The molecule has 0 unspecified atom stereocenters. The van der Waals surface area contributed by atoms with Gasteiger partial charge in [0.1, 0.15) is 5.37 Å². The molecule has 0 N–H and O–H groups in total. The molecule has 0 spiro atoms. The van der Waals surface area contributed by atoms with Gasteiger partial charge >= 0.3 is 0 Å². The predicted molar refractivity (Wildman–Crippen MR) is 101 cm³/mol. The second-order valence-corrected chi connectivity index (χ2v) is 8.20. The molecule has 2 saturated heterocycles. The van der Waals surface area contributed by atoms with Crippen LogP contribution in [0.25, 0.3) is 0 Å². The molecule has 1 amide bonds. The lowest BCUT2D eigenvalue weighted by Gasteiger charge is -2.54. The van der Waals surface area contributed by atoms with E-state index in [1.807, 2.05) is 77.3 Å². The van der Waals surface area contributed by atoms with Crippen LogP contribution in [-0.4, -0.2) is 28.0 Å². The molecule has 4 rings (SSSR count). The average molecular weight is 353 g/mol. The molecule has 4 heteroatoms. The van der Waals surface area contributed by atoms with Gasteiger partial charge in [0.2, 0.25) is 5.60 Å². The van der Waals surface area contributed by atoms with Crippen LogP contribution in [0.1, 0.15) is 25.0 Å². The van der Waals surface area contributed by atoms with Gasteiger partial charge in [-0.25, -0.2) is 0 Å². The van der Waals surface area contributed by atoms with Crippen molar-refractivity contribution in [2.45, 2.75) is 37.5 Å². The Kier molecular flexibility index (Phi) is 4.34. The van der Waals surface area contributed by atoms with Crippen molar-refractivity contribution in [2.75, 3.05) is 5.75 Å². The summed E-state index contributed by atoms with van der Waals surface area (Å²) in [7, 11) is 0. The van der Waals surface area contributed by atoms with Crippen molar-refractivity contribution in [1.82, 2.24) is 4.90 Å². The van der Waals surface area contributed by atoms with Gasteiger partial charge in [-0.15, -0.1) is 11.8 Å². The maximum absolute atomic E-state index is 13.3. The molecule has 2 aromatic rings. The monoisotopic (exact) mass is 353 g/mol. The minimum absolute atomic E-state index is 0.0681. The fourth-order valence-corrected chi connectivity index (χ4v) is 5.66. The molecule has 3 nitrogen and oxygen atoms in total. The number of benzene rings is 2. The lowest BCUT2D eigenvalue weighted by Crippen LogP contribution is -2.71. The Morgan fingerprint density at radius 2 is 1.76 bits per heavy atom. The fourth-order valence-electron chi connectivity index (χ4n) is 3.78. The van der Waals surface area contributed by atoms with Gasteiger partial charge in [-0.05, 0) is 17.0 Å². The van der Waals surface area contributed by atoms with Gasteiger partial charge in [0.15, 0.2) is 0 Å². The third-order valence-corrected chi connectivity index (χ3v) is 6.63. The Bertz CT molecular complexity index is 749. The lowest BCUT2D eigenvalue weighted by atomic mass is 9.82. The lowest BCUT2D eigenvalue weighted by molar-refractivity contribution is -0.202. The van der Waals surface area contributed by atoms with E-state index in [0.717, 1.165) is 16.9 Å². The van der Waals surface area contributed by atoms with Crippen molar-refractivity contribution in [2.24, 2.45) is 5.92 Å². The fraction of sp³-hybridized carbons (Fsp3) is 0.381. The van der Waals surface area contributed by atoms with E-state index in [1.165, 1.54) is 0 Å². The van der Waals surface area contributed by atoms with Crippen molar-refractivity contribution < 1.29 is 9.53 Å².